The number of nitrogens with zero attached hydrogens (tertiary/aromatic N) is 1. The van der Waals surface area contributed by atoms with Crippen LogP contribution in [0.25, 0.3) is 0 Å². The van der Waals surface area contributed by atoms with Crippen LogP contribution in [-0.4, -0.2) is 17.4 Å². The molecule has 0 aromatic carbocycles. The first-order valence-corrected chi connectivity index (χ1v) is 4.33. The van der Waals surface area contributed by atoms with Crippen LogP contribution in [0.3, 0.4) is 0 Å². The van der Waals surface area contributed by atoms with Crippen LogP contribution in [0.15, 0.2) is 0 Å². The summed E-state index contributed by atoms with van der Waals surface area (Å²) in [7, 11) is 0. The van der Waals surface area contributed by atoms with Crippen molar-refractivity contribution in [2.24, 2.45) is 0 Å². The lowest BCUT2D eigenvalue weighted by Gasteiger charge is -2.17. The van der Waals surface area contributed by atoms with E-state index >= 15 is 0 Å². The topological polar surface area (TPSA) is 77.8 Å². The van der Waals surface area contributed by atoms with E-state index in [0.717, 1.165) is 0 Å². The number of ether oxygens (including phenoxy) is 1. The number of rotatable bonds is 3. The molecular weight excluding hydrogens is 202 g/mol. The molecule has 0 rings (SSSR count). The zero-order valence-corrected chi connectivity index (χ0v) is 9.49. The third kappa shape index (κ3) is 7.73. The fraction of sp³-hybridized carbons (Fsp3) is 0.778. The minimum Gasteiger partial charge on any atom is -0.411 e. The van der Waals surface area contributed by atoms with E-state index in [9.17, 15) is 4.79 Å². The maximum absolute atomic E-state index is 10.9. The van der Waals surface area contributed by atoms with Crippen molar-refractivity contribution in [1.82, 2.24) is 0 Å². The van der Waals surface area contributed by atoms with Gasteiger partial charge >= 0.3 is 6.16 Å². The van der Waals surface area contributed by atoms with E-state index in [1.54, 1.807) is 26.8 Å². The van der Waals surface area contributed by atoms with Gasteiger partial charge in [-0.05, 0) is 39.7 Å². The van der Waals surface area contributed by atoms with Crippen LogP contribution in [-0.2, 0) is 19.6 Å². The second kappa shape index (κ2) is 4.96. The van der Waals surface area contributed by atoms with E-state index in [0.29, 0.717) is 0 Å². The Balaban J connectivity index is 3.83. The molecule has 6 nitrogen and oxygen atoms in total. The highest BCUT2D eigenvalue weighted by molar-refractivity contribution is 5.60. The molecule has 0 spiro atoms. The molecule has 0 N–H and O–H groups in total. The maximum atomic E-state index is 10.9. The van der Waals surface area contributed by atoms with Gasteiger partial charge in [-0.1, -0.05) is 0 Å². The lowest BCUT2D eigenvalue weighted by atomic mass is 10.2. The first-order chi connectivity index (χ1) is 6.66. The van der Waals surface area contributed by atoms with Crippen molar-refractivity contribution in [2.45, 2.75) is 45.8 Å². The molecule has 0 aliphatic heterocycles. The molecule has 0 atom stereocenters. The van der Waals surface area contributed by atoms with Crippen molar-refractivity contribution in [3.8, 4) is 6.07 Å². The number of hydrogen-bond acceptors (Lipinski definition) is 6. The monoisotopic (exact) mass is 217 g/mol. The highest BCUT2D eigenvalue weighted by atomic mass is 17.5. The van der Waals surface area contributed by atoms with Crippen LogP contribution in [0.5, 0.6) is 0 Å². The van der Waals surface area contributed by atoms with Crippen molar-refractivity contribution in [3.05, 3.63) is 0 Å². The Morgan fingerprint density at radius 1 is 1.20 bits per heavy atom. The summed E-state index contributed by atoms with van der Waals surface area (Å²) in [6, 6.07) is 1.76. The molecule has 15 heavy (non-hydrogen) atoms. The zero-order valence-electron chi connectivity index (χ0n) is 9.49. The molecular formula is C9H15NO5. The molecule has 86 valence electrons. The summed E-state index contributed by atoms with van der Waals surface area (Å²) in [5.74, 6) is 0. The third-order valence-electron chi connectivity index (χ3n) is 0.994. The first kappa shape index (κ1) is 13.7. The van der Waals surface area contributed by atoms with Crippen LogP contribution in [0.4, 0.5) is 4.79 Å². The van der Waals surface area contributed by atoms with Crippen LogP contribution in [0.2, 0.25) is 0 Å². The molecule has 0 bridgehead atoms. The lowest BCUT2D eigenvalue weighted by Crippen LogP contribution is -2.27. The predicted molar refractivity (Wildman–Crippen MR) is 49.2 cm³/mol. The minimum atomic E-state index is -1.26. The fourth-order valence-corrected chi connectivity index (χ4v) is 0.395. The Morgan fingerprint density at radius 3 is 2.13 bits per heavy atom. The molecule has 0 aromatic heterocycles. The van der Waals surface area contributed by atoms with Crippen LogP contribution in [0.1, 0.15) is 34.6 Å². The van der Waals surface area contributed by atoms with Gasteiger partial charge in [0, 0.05) is 0 Å². The predicted octanol–water partition coefficient (Wildman–Crippen LogP) is 2.10. The molecule has 0 amide bonds. The number of carbonyl (C=O) groups excluding carboxylic acids is 1. The van der Waals surface area contributed by atoms with Gasteiger partial charge in [0.05, 0.1) is 5.60 Å². The molecule has 6 heteroatoms. The average molecular weight is 217 g/mol. The summed E-state index contributed by atoms with van der Waals surface area (Å²) in [5, 5.41) is 12.7. The molecule has 0 saturated carbocycles. The summed E-state index contributed by atoms with van der Waals surface area (Å²) < 4.78 is 4.57. The van der Waals surface area contributed by atoms with Crippen molar-refractivity contribution in [2.75, 3.05) is 0 Å². The normalized spacial score (nSPS) is 11.7. The summed E-state index contributed by atoms with van der Waals surface area (Å²) >= 11 is 0. The highest BCUT2D eigenvalue weighted by Crippen LogP contribution is 2.10. The van der Waals surface area contributed by atoms with Crippen LogP contribution < -0.4 is 0 Å². The van der Waals surface area contributed by atoms with Gasteiger partial charge in [0.1, 0.15) is 6.07 Å². The molecule has 0 aliphatic carbocycles. The molecule has 0 radical (unpaired) electrons. The fourth-order valence-electron chi connectivity index (χ4n) is 0.395. The van der Waals surface area contributed by atoms with Gasteiger partial charge in [-0.15, -0.1) is 0 Å². The largest absolute Gasteiger partial charge is 0.544 e. The SMILES string of the molecule is CC(C)(C)OOOC(=O)OC(C)(C)C#N. The Labute approximate surface area is 88.5 Å². The number of carbonyl (C=O) groups is 1. The standard InChI is InChI=1S/C9H15NO5/c1-8(2,3)14-15-13-7(11)12-9(4,5)6-10/h1-5H3. The Kier molecular flexibility index (Phi) is 4.52. The molecule has 0 aliphatic rings. The van der Waals surface area contributed by atoms with Crippen molar-refractivity contribution in [1.29, 1.82) is 5.26 Å². The quantitative estimate of drug-likeness (QED) is 0.409. The number of hydrogen-bond donors (Lipinski definition) is 0. The van der Waals surface area contributed by atoms with E-state index in [-0.39, 0.29) is 0 Å². The summed E-state index contributed by atoms with van der Waals surface area (Å²) in [4.78, 5) is 19.7. The summed E-state index contributed by atoms with van der Waals surface area (Å²) in [6.07, 6.45) is -1.13. The lowest BCUT2D eigenvalue weighted by molar-refractivity contribution is -0.515. The molecule has 0 aromatic rings. The van der Waals surface area contributed by atoms with E-state index < -0.39 is 17.4 Å². The van der Waals surface area contributed by atoms with Crippen LogP contribution in [0, 0.1) is 11.3 Å². The van der Waals surface area contributed by atoms with Gasteiger partial charge in [0.15, 0.2) is 5.60 Å². The zero-order chi connectivity index (χ0) is 12.1. The highest BCUT2D eigenvalue weighted by Gasteiger charge is 2.24. The summed E-state index contributed by atoms with van der Waals surface area (Å²) in [6.45, 7) is 7.96. The van der Waals surface area contributed by atoms with E-state index in [1.807, 2.05) is 0 Å². The smallest absolute Gasteiger partial charge is 0.411 e. The second-order valence-electron chi connectivity index (χ2n) is 4.32. The van der Waals surface area contributed by atoms with Gasteiger partial charge in [-0.25, -0.2) is 9.68 Å². The number of nitriles is 1. The van der Waals surface area contributed by atoms with Crippen molar-refractivity contribution in [3.63, 3.8) is 0 Å². The molecule has 0 heterocycles. The average Bonchev–Trinajstić information content (AvgIpc) is 2.00. The maximum Gasteiger partial charge on any atom is 0.544 e. The van der Waals surface area contributed by atoms with Crippen molar-refractivity contribution >= 4 is 6.16 Å². The van der Waals surface area contributed by atoms with E-state index in [2.05, 4.69) is 19.6 Å². The first-order valence-electron chi connectivity index (χ1n) is 4.33. The van der Waals surface area contributed by atoms with Gasteiger partial charge in [0.25, 0.3) is 0 Å². The molecule has 0 fully saturated rings. The van der Waals surface area contributed by atoms with Gasteiger partial charge < -0.3 is 4.74 Å². The van der Waals surface area contributed by atoms with Gasteiger partial charge in [-0.2, -0.15) is 10.1 Å². The van der Waals surface area contributed by atoms with Gasteiger partial charge in [-0.3, -0.25) is 0 Å². The Bertz CT molecular complexity index is 261. The Morgan fingerprint density at radius 2 is 1.73 bits per heavy atom. The third-order valence-corrected chi connectivity index (χ3v) is 0.994. The second-order valence-corrected chi connectivity index (χ2v) is 4.32. The van der Waals surface area contributed by atoms with Crippen LogP contribution >= 0.6 is 0 Å². The van der Waals surface area contributed by atoms with E-state index in [4.69, 9.17) is 5.26 Å². The van der Waals surface area contributed by atoms with Crippen molar-refractivity contribution < 1.29 is 24.3 Å². The van der Waals surface area contributed by atoms with Gasteiger partial charge in [0.2, 0.25) is 0 Å². The molecule has 0 saturated heterocycles. The molecule has 0 unspecified atom stereocenters. The Hall–Kier alpha value is -1.32. The summed E-state index contributed by atoms with van der Waals surface area (Å²) in [5.41, 5.74) is -1.87. The van der Waals surface area contributed by atoms with E-state index in [1.165, 1.54) is 13.8 Å². The minimum absolute atomic E-state index is 0.606.